The van der Waals surface area contributed by atoms with Gasteiger partial charge in [0.05, 0.1) is 12.8 Å². The molecule has 0 aliphatic rings. The predicted molar refractivity (Wildman–Crippen MR) is 94.7 cm³/mol. The van der Waals surface area contributed by atoms with Crippen molar-refractivity contribution in [3.63, 3.8) is 0 Å². The number of guanidine groups is 1. The van der Waals surface area contributed by atoms with Crippen molar-refractivity contribution in [3.8, 4) is 0 Å². The van der Waals surface area contributed by atoms with Crippen molar-refractivity contribution in [2.45, 2.75) is 39.7 Å². The van der Waals surface area contributed by atoms with Crippen LogP contribution in [0.3, 0.4) is 0 Å². The molecule has 1 aromatic heterocycles. The van der Waals surface area contributed by atoms with Crippen molar-refractivity contribution in [2.75, 3.05) is 39.3 Å². The van der Waals surface area contributed by atoms with Gasteiger partial charge >= 0.3 is 0 Å². The van der Waals surface area contributed by atoms with Crippen LogP contribution in [0.5, 0.6) is 0 Å². The summed E-state index contributed by atoms with van der Waals surface area (Å²) in [6.45, 7) is 13.1. The van der Waals surface area contributed by atoms with Crippen molar-refractivity contribution in [1.29, 1.82) is 0 Å². The molecule has 1 unspecified atom stereocenters. The van der Waals surface area contributed by atoms with Crippen molar-refractivity contribution in [3.05, 3.63) is 24.2 Å². The van der Waals surface area contributed by atoms with E-state index in [0.29, 0.717) is 11.7 Å². The van der Waals surface area contributed by atoms with Gasteiger partial charge in [-0.2, -0.15) is 0 Å². The molecule has 6 heteroatoms. The number of hydrogen-bond donors (Lipinski definition) is 3. The first kappa shape index (κ1) is 19.5. The molecule has 0 radical (unpaired) electrons. The average molecular weight is 324 g/mol. The van der Waals surface area contributed by atoms with Crippen LogP contribution >= 0.6 is 0 Å². The molecule has 1 aromatic rings. The molecule has 0 fully saturated rings. The molecule has 0 spiro atoms. The maximum absolute atomic E-state index is 10.4. The molecular weight excluding hydrogens is 292 g/mol. The average Bonchev–Trinajstić information content (AvgIpc) is 3.07. The molecule has 1 rings (SSSR count). The van der Waals surface area contributed by atoms with Crippen LogP contribution in [0.1, 0.15) is 39.9 Å². The molecule has 1 atom stereocenters. The van der Waals surface area contributed by atoms with Crippen molar-refractivity contribution >= 4 is 5.96 Å². The Morgan fingerprint density at radius 2 is 2.09 bits per heavy atom. The van der Waals surface area contributed by atoms with Crippen LogP contribution in [0.4, 0.5) is 0 Å². The second-order valence-electron chi connectivity index (χ2n) is 5.81. The summed E-state index contributed by atoms with van der Waals surface area (Å²) in [6, 6.07) is 3.53. The van der Waals surface area contributed by atoms with Gasteiger partial charge in [0.25, 0.3) is 0 Å². The zero-order chi connectivity index (χ0) is 17.1. The van der Waals surface area contributed by atoms with Gasteiger partial charge in [0.15, 0.2) is 5.96 Å². The van der Waals surface area contributed by atoms with Crippen LogP contribution in [0.2, 0.25) is 0 Å². The third-order valence-electron chi connectivity index (χ3n) is 3.65. The summed E-state index contributed by atoms with van der Waals surface area (Å²) in [4.78, 5) is 6.87. The highest BCUT2D eigenvalue weighted by molar-refractivity contribution is 5.79. The fourth-order valence-corrected chi connectivity index (χ4v) is 2.31. The predicted octanol–water partition coefficient (Wildman–Crippen LogP) is 1.77. The summed E-state index contributed by atoms with van der Waals surface area (Å²) >= 11 is 0. The molecule has 3 N–H and O–H groups in total. The molecule has 1 heterocycles. The topological polar surface area (TPSA) is 73.0 Å². The van der Waals surface area contributed by atoms with E-state index in [2.05, 4.69) is 34.4 Å². The summed E-state index contributed by atoms with van der Waals surface area (Å²) in [5.74, 6) is 1.24. The minimum atomic E-state index is -1.11. The molecular formula is C17H32N4O2. The summed E-state index contributed by atoms with van der Waals surface area (Å²) in [5, 5.41) is 17.0. The van der Waals surface area contributed by atoms with Crippen LogP contribution in [0, 0.1) is 0 Å². The van der Waals surface area contributed by atoms with Crippen molar-refractivity contribution < 1.29 is 9.52 Å². The highest BCUT2D eigenvalue weighted by atomic mass is 16.4. The molecule has 0 saturated carbocycles. The lowest BCUT2D eigenvalue weighted by atomic mass is 10.0. The number of hydrogen-bond acceptors (Lipinski definition) is 4. The SMILES string of the molecule is CCCN(CC)CCNC(=NCC(C)(O)c1ccco1)NCC. The lowest BCUT2D eigenvalue weighted by Gasteiger charge is -2.22. The third kappa shape index (κ3) is 7.05. The van der Waals surface area contributed by atoms with E-state index in [1.165, 1.54) is 0 Å². The van der Waals surface area contributed by atoms with E-state index < -0.39 is 5.60 Å². The van der Waals surface area contributed by atoms with E-state index in [0.717, 1.165) is 39.1 Å². The maximum atomic E-state index is 10.4. The molecule has 23 heavy (non-hydrogen) atoms. The molecule has 0 saturated heterocycles. The second-order valence-corrected chi connectivity index (χ2v) is 5.81. The number of aliphatic hydroxyl groups is 1. The summed E-state index contributed by atoms with van der Waals surface area (Å²) in [6.07, 6.45) is 2.72. The Hall–Kier alpha value is -1.53. The van der Waals surface area contributed by atoms with Gasteiger partial charge in [0, 0.05) is 19.6 Å². The van der Waals surface area contributed by atoms with E-state index in [9.17, 15) is 5.11 Å². The Morgan fingerprint density at radius 1 is 1.30 bits per heavy atom. The summed E-state index contributed by atoms with van der Waals surface area (Å²) < 4.78 is 5.28. The van der Waals surface area contributed by atoms with E-state index in [-0.39, 0.29) is 6.54 Å². The van der Waals surface area contributed by atoms with Crippen LogP contribution in [0.25, 0.3) is 0 Å². The third-order valence-corrected chi connectivity index (χ3v) is 3.65. The Morgan fingerprint density at radius 3 is 2.65 bits per heavy atom. The van der Waals surface area contributed by atoms with Gasteiger partial charge in [-0.3, -0.25) is 0 Å². The first-order valence-electron chi connectivity index (χ1n) is 8.54. The number of nitrogens with zero attached hydrogens (tertiary/aromatic N) is 2. The van der Waals surface area contributed by atoms with Crippen LogP contribution < -0.4 is 10.6 Å². The number of aliphatic imine (C=N–C) groups is 1. The fourth-order valence-electron chi connectivity index (χ4n) is 2.31. The van der Waals surface area contributed by atoms with E-state index in [4.69, 9.17) is 4.42 Å². The maximum Gasteiger partial charge on any atom is 0.191 e. The smallest absolute Gasteiger partial charge is 0.191 e. The second kappa shape index (κ2) is 10.3. The highest BCUT2D eigenvalue weighted by Crippen LogP contribution is 2.20. The largest absolute Gasteiger partial charge is 0.466 e. The van der Waals surface area contributed by atoms with Gasteiger partial charge in [0.2, 0.25) is 0 Å². The van der Waals surface area contributed by atoms with E-state index in [1.807, 2.05) is 6.92 Å². The van der Waals surface area contributed by atoms with Crippen LogP contribution in [0.15, 0.2) is 27.8 Å². The zero-order valence-electron chi connectivity index (χ0n) is 14.9. The fraction of sp³-hybridized carbons (Fsp3) is 0.706. The number of likely N-dealkylation sites (N-methyl/N-ethyl adjacent to an activating group) is 1. The quantitative estimate of drug-likeness (QED) is 0.452. The molecule has 0 amide bonds. The Kier molecular flexibility index (Phi) is 8.73. The summed E-state index contributed by atoms with van der Waals surface area (Å²) in [5.41, 5.74) is -1.11. The number of furan rings is 1. The van der Waals surface area contributed by atoms with Crippen LogP contribution in [-0.4, -0.2) is 55.2 Å². The van der Waals surface area contributed by atoms with Crippen molar-refractivity contribution in [2.24, 2.45) is 4.99 Å². The Labute approximate surface area is 140 Å². The first-order chi connectivity index (χ1) is 11.0. The zero-order valence-corrected chi connectivity index (χ0v) is 14.9. The standard InChI is InChI=1S/C17H32N4O2/c1-5-11-21(7-3)12-10-19-16(18-6-2)20-14-17(4,22)15-9-8-13-23-15/h8-9,13,22H,5-7,10-12,14H2,1-4H3,(H2,18,19,20). The number of nitrogens with one attached hydrogen (secondary N) is 2. The van der Waals surface area contributed by atoms with Gasteiger partial charge in [-0.25, -0.2) is 4.99 Å². The number of rotatable bonds is 10. The van der Waals surface area contributed by atoms with E-state index >= 15 is 0 Å². The van der Waals surface area contributed by atoms with Gasteiger partial charge < -0.3 is 25.1 Å². The molecule has 0 bridgehead atoms. The highest BCUT2D eigenvalue weighted by Gasteiger charge is 2.26. The molecule has 132 valence electrons. The monoisotopic (exact) mass is 324 g/mol. The van der Waals surface area contributed by atoms with Gasteiger partial charge in [-0.15, -0.1) is 0 Å². The minimum absolute atomic E-state index is 0.238. The van der Waals surface area contributed by atoms with Crippen LogP contribution in [-0.2, 0) is 5.60 Å². The first-order valence-corrected chi connectivity index (χ1v) is 8.54. The van der Waals surface area contributed by atoms with Crippen molar-refractivity contribution in [1.82, 2.24) is 15.5 Å². The van der Waals surface area contributed by atoms with Gasteiger partial charge in [0.1, 0.15) is 11.4 Å². The van der Waals surface area contributed by atoms with E-state index in [1.54, 1.807) is 25.3 Å². The van der Waals surface area contributed by atoms with Gasteiger partial charge in [-0.05, 0) is 45.5 Å². The molecule has 6 nitrogen and oxygen atoms in total. The minimum Gasteiger partial charge on any atom is -0.466 e. The Balaban J connectivity index is 2.53. The normalized spacial score (nSPS) is 14.8. The van der Waals surface area contributed by atoms with Gasteiger partial charge in [-0.1, -0.05) is 13.8 Å². The molecule has 0 aliphatic carbocycles. The molecule has 0 aromatic carbocycles. The molecule has 0 aliphatic heterocycles. The Bertz CT molecular complexity index is 443. The summed E-state index contributed by atoms with van der Waals surface area (Å²) in [7, 11) is 0. The lowest BCUT2D eigenvalue weighted by molar-refractivity contribution is 0.0437. The lowest BCUT2D eigenvalue weighted by Crippen LogP contribution is -2.42.